The molecule has 90 valence electrons. The van der Waals surface area contributed by atoms with E-state index < -0.39 is 18.2 Å². The van der Waals surface area contributed by atoms with E-state index in [1.54, 1.807) is 0 Å². The number of carbonyl (C=O) groups is 2. The third-order valence-corrected chi connectivity index (χ3v) is 2.19. The van der Waals surface area contributed by atoms with E-state index >= 15 is 0 Å². The second kappa shape index (κ2) is 6.12. The number of hydrogen-bond donors (Lipinski definition) is 2. The molecule has 1 rings (SSSR count). The molecule has 1 heterocycles. The molecular formula is C10H15NO5. The highest BCUT2D eigenvalue weighted by Gasteiger charge is 2.30. The summed E-state index contributed by atoms with van der Waals surface area (Å²) in [6, 6.07) is 0. The summed E-state index contributed by atoms with van der Waals surface area (Å²) in [5, 5.41) is 11.2. The number of carboxylic acid groups (broad SMARTS) is 1. The maximum absolute atomic E-state index is 11.0. The molecular weight excluding hydrogens is 214 g/mol. The summed E-state index contributed by atoms with van der Waals surface area (Å²) < 4.78 is 9.87. The fraction of sp³-hybridized carbons (Fsp3) is 0.600. The Morgan fingerprint density at radius 1 is 1.56 bits per heavy atom. The summed E-state index contributed by atoms with van der Waals surface area (Å²) in [4.78, 5) is 21.6. The SMILES string of the molecule is C=CCOC(=O)NC[C@H]1CC[C@@H](C(=O)O)O1. The molecule has 6 heteroatoms. The van der Waals surface area contributed by atoms with E-state index in [1.165, 1.54) is 6.08 Å². The molecule has 2 N–H and O–H groups in total. The molecule has 1 fully saturated rings. The molecule has 0 radical (unpaired) electrons. The molecule has 0 unspecified atom stereocenters. The van der Waals surface area contributed by atoms with Crippen molar-refractivity contribution in [2.24, 2.45) is 0 Å². The predicted octanol–water partition coefficient (Wildman–Crippen LogP) is 0.531. The largest absolute Gasteiger partial charge is 0.479 e. The zero-order valence-electron chi connectivity index (χ0n) is 8.85. The van der Waals surface area contributed by atoms with Crippen LogP contribution in [0.3, 0.4) is 0 Å². The summed E-state index contributed by atoms with van der Waals surface area (Å²) in [6.45, 7) is 3.82. The van der Waals surface area contributed by atoms with Crippen molar-refractivity contribution >= 4 is 12.1 Å². The van der Waals surface area contributed by atoms with Crippen LogP contribution >= 0.6 is 0 Å². The van der Waals surface area contributed by atoms with Crippen LogP contribution in [0.25, 0.3) is 0 Å². The van der Waals surface area contributed by atoms with Crippen molar-refractivity contribution in [1.29, 1.82) is 0 Å². The average Bonchev–Trinajstić information content (AvgIpc) is 2.72. The summed E-state index contributed by atoms with van der Waals surface area (Å²) >= 11 is 0. The Bertz CT molecular complexity index is 278. The maximum Gasteiger partial charge on any atom is 0.407 e. The first-order valence-corrected chi connectivity index (χ1v) is 5.03. The smallest absolute Gasteiger partial charge is 0.407 e. The number of hydrogen-bond acceptors (Lipinski definition) is 4. The van der Waals surface area contributed by atoms with Gasteiger partial charge in [-0.05, 0) is 12.8 Å². The molecule has 1 aliphatic heterocycles. The van der Waals surface area contributed by atoms with Crippen LogP contribution < -0.4 is 5.32 Å². The van der Waals surface area contributed by atoms with Gasteiger partial charge in [0, 0.05) is 6.54 Å². The van der Waals surface area contributed by atoms with Gasteiger partial charge in [0.2, 0.25) is 0 Å². The zero-order chi connectivity index (χ0) is 12.0. The fourth-order valence-electron chi connectivity index (χ4n) is 1.42. The molecule has 16 heavy (non-hydrogen) atoms. The molecule has 0 spiro atoms. The summed E-state index contributed by atoms with van der Waals surface area (Å²) in [5.41, 5.74) is 0. The van der Waals surface area contributed by atoms with Gasteiger partial charge in [0.1, 0.15) is 6.61 Å². The van der Waals surface area contributed by atoms with Gasteiger partial charge in [0.15, 0.2) is 6.10 Å². The molecule has 2 atom stereocenters. The number of alkyl carbamates (subject to hydrolysis) is 1. The average molecular weight is 229 g/mol. The third kappa shape index (κ3) is 3.90. The van der Waals surface area contributed by atoms with Crippen molar-refractivity contribution in [3.05, 3.63) is 12.7 Å². The van der Waals surface area contributed by atoms with Crippen LogP contribution in [0.15, 0.2) is 12.7 Å². The van der Waals surface area contributed by atoms with E-state index in [1.807, 2.05) is 0 Å². The normalized spacial score (nSPS) is 23.8. The van der Waals surface area contributed by atoms with E-state index in [0.717, 1.165) is 0 Å². The standard InChI is InChI=1S/C10H15NO5/c1-2-5-15-10(14)11-6-7-3-4-8(16-7)9(12)13/h2,7-8H,1,3-6H2,(H,11,14)(H,12,13)/t7-,8+/m1/s1. The summed E-state index contributed by atoms with van der Waals surface area (Å²) in [7, 11) is 0. The van der Waals surface area contributed by atoms with Gasteiger partial charge in [-0.25, -0.2) is 9.59 Å². The number of carbonyl (C=O) groups excluding carboxylic acids is 1. The van der Waals surface area contributed by atoms with Crippen molar-refractivity contribution < 1.29 is 24.2 Å². The van der Waals surface area contributed by atoms with Crippen molar-refractivity contribution in [3.8, 4) is 0 Å². The Morgan fingerprint density at radius 2 is 2.31 bits per heavy atom. The number of aliphatic carboxylic acids is 1. The van der Waals surface area contributed by atoms with Crippen LogP contribution in [0.1, 0.15) is 12.8 Å². The van der Waals surface area contributed by atoms with Gasteiger partial charge in [0.25, 0.3) is 0 Å². The van der Waals surface area contributed by atoms with E-state index in [-0.39, 0.29) is 19.3 Å². The summed E-state index contributed by atoms with van der Waals surface area (Å²) in [6.07, 6.45) is 1.00. The van der Waals surface area contributed by atoms with Crippen LogP contribution in [-0.4, -0.2) is 42.5 Å². The second-order valence-electron chi connectivity index (χ2n) is 3.43. The lowest BCUT2D eigenvalue weighted by atomic mass is 10.2. The number of nitrogens with one attached hydrogen (secondary N) is 1. The topological polar surface area (TPSA) is 84.9 Å². The van der Waals surface area contributed by atoms with Crippen LogP contribution in [-0.2, 0) is 14.3 Å². The van der Waals surface area contributed by atoms with E-state index in [9.17, 15) is 9.59 Å². The highest BCUT2D eigenvalue weighted by atomic mass is 16.6. The number of amides is 1. The van der Waals surface area contributed by atoms with Crippen LogP contribution in [0.2, 0.25) is 0 Å². The van der Waals surface area contributed by atoms with Gasteiger partial charge in [-0.15, -0.1) is 0 Å². The van der Waals surface area contributed by atoms with Crippen LogP contribution in [0.5, 0.6) is 0 Å². The molecule has 1 saturated heterocycles. The third-order valence-electron chi connectivity index (χ3n) is 2.19. The number of rotatable bonds is 5. The first-order valence-electron chi connectivity index (χ1n) is 5.03. The lowest BCUT2D eigenvalue weighted by Crippen LogP contribution is -2.33. The Kier molecular flexibility index (Phi) is 4.78. The Labute approximate surface area is 93.2 Å². The first-order chi connectivity index (χ1) is 7.63. The molecule has 1 amide bonds. The van der Waals surface area contributed by atoms with Crippen molar-refractivity contribution in [3.63, 3.8) is 0 Å². The van der Waals surface area contributed by atoms with Crippen molar-refractivity contribution in [2.75, 3.05) is 13.2 Å². The van der Waals surface area contributed by atoms with E-state index in [4.69, 9.17) is 9.84 Å². The molecule has 0 aliphatic carbocycles. The highest BCUT2D eigenvalue weighted by molar-refractivity contribution is 5.72. The summed E-state index contributed by atoms with van der Waals surface area (Å²) in [5.74, 6) is -0.961. The molecule has 1 aliphatic rings. The van der Waals surface area contributed by atoms with Crippen molar-refractivity contribution in [1.82, 2.24) is 5.32 Å². The Balaban J connectivity index is 2.17. The first kappa shape index (κ1) is 12.5. The minimum atomic E-state index is -0.961. The Morgan fingerprint density at radius 3 is 2.88 bits per heavy atom. The molecule has 0 bridgehead atoms. The highest BCUT2D eigenvalue weighted by Crippen LogP contribution is 2.19. The molecule has 0 saturated carbocycles. The second-order valence-corrected chi connectivity index (χ2v) is 3.43. The number of carboxylic acids is 1. The van der Waals surface area contributed by atoms with Gasteiger partial charge in [-0.1, -0.05) is 12.7 Å². The van der Waals surface area contributed by atoms with Crippen LogP contribution in [0.4, 0.5) is 4.79 Å². The Hall–Kier alpha value is -1.56. The minimum absolute atomic E-state index is 0.148. The predicted molar refractivity (Wildman–Crippen MR) is 55.1 cm³/mol. The van der Waals surface area contributed by atoms with Crippen LogP contribution in [0, 0.1) is 0 Å². The molecule has 6 nitrogen and oxygen atoms in total. The lowest BCUT2D eigenvalue weighted by Gasteiger charge is -2.11. The van der Waals surface area contributed by atoms with Gasteiger partial charge in [-0.2, -0.15) is 0 Å². The fourth-order valence-corrected chi connectivity index (χ4v) is 1.42. The van der Waals surface area contributed by atoms with Gasteiger partial charge < -0.3 is 19.9 Å². The van der Waals surface area contributed by atoms with Gasteiger partial charge in [0.05, 0.1) is 6.10 Å². The monoisotopic (exact) mass is 229 g/mol. The van der Waals surface area contributed by atoms with Gasteiger partial charge in [-0.3, -0.25) is 0 Å². The molecule has 0 aromatic heterocycles. The zero-order valence-corrected chi connectivity index (χ0v) is 8.85. The lowest BCUT2D eigenvalue weighted by molar-refractivity contribution is -0.149. The van der Waals surface area contributed by atoms with E-state index in [2.05, 4.69) is 16.6 Å². The minimum Gasteiger partial charge on any atom is -0.479 e. The maximum atomic E-state index is 11.0. The number of ether oxygens (including phenoxy) is 2. The van der Waals surface area contributed by atoms with Gasteiger partial charge >= 0.3 is 12.1 Å². The van der Waals surface area contributed by atoms with Crippen molar-refractivity contribution in [2.45, 2.75) is 25.0 Å². The van der Waals surface area contributed by atoms with E-state index in [0.29, 0.717) is 12.8 Å². The quantitative estimate of drug-likeness (QED) is 0.672. The molecule has 0 aromatic carbocycles. The molecule has 0 aromatic rings.